The maximum atomic E-state index is 12.9. The van der Waals surface area contributed by atoms with Crippen molar-refractivity contribution in [3.8, 4) is 0 Å². The Labute approximate surface area is 134 Å². The van der Waals surface area contributed by atoms with E-state index < -0.39 is 35.7 Å². The number of carbonyl (C=O) groups is 3. The van der Waals surface area contributed by atoms with E-state index in [4.69, 9.17) is 5.11 Å². The second-order valence-electron chi connectivity index (χ2n) is 5.65. The summed E-state index contributed by atoms with van der Waals surface area (Å²) in [5.41, 5.74) is 0.650. The van der Waals surface area contributed by atoms with Crippen LogP contribution in [0.4, 0.5) is 4.39 Å². The van der Waals surface area contributed by atoms with E-state index >= 15 is 0 Å². The van der Waals surface area contributed by atoms with Crippen molar-refractivity contribution in [2.45, 2.75) is 39.3 Å². The number of rotatable bonds is 7. The lowest BCUT2D eigenvalue weighted by atomic mass is 10.0. The van der Waals surface area contributed by atoms with Crippen LogP contribution < -0.4 is 10.6 Å². The van der Waals surface area contributed by atoms with E-state index in [9.17, 15) is 18.8 Å². The van der Waals surface area contributed by atoms with Crippen molar-refractivity contribution in [1.29, 1.82) is 0 Å². The van der Waals surface area contributed by atoms with Crippen LogP contribution in [0.1, 0.15) is 26.3 Å². The molecule has 6 nitrogen and oxygen atoms in total. The highest BCUT2D eigenvalue weighted by Crippen LogP contribution is 2.08. The summed E-state index contributed by atoms with van der Waals surface area (Å²) in [6, 6.07) is 3.55. The Balaban J connectivity index is 2.87. The highest BCUT2D eigenvalue weighted by Gasteiger charge is 2.28. The van der Waals surface area contributed by atoms with Gasteiger partial charge in [0.25, 0.3) is 0 Å². The second-order valence-corrected chi connectivity index (χ2v) is 5.65. The Kier molecular flexibility index (Phi) is 6.68. The van der Waals surface area contributed by atoms with E-state index in [1.807, 2.05) is 0 Å². The molecule has 1 aromatic carbocycles. The van der Waals surface area contributed by atoms with Crippen molar-refractivity contribution in [1.82, 2.24) is 10.6 Å². The van der Waals surface area contributed by atoms with Gasteiger partial charge in [-0.25, -0.2) is 9.18 Å². The van der Waals surface area contributed by atoms with E-state index in [2.05, 4.69) is 10.6 Å². The third kappa shape index (κ3) is 6.06. The van der Waals surface area contributed by atoms with Gasteiger partial charge in [-0.15, -0.1) is 0 Å². The minimum Gasteiger partial charge on any atom is -0.480 e. The molecule has 0 unspecified atom stereocenters. The largest absolute Gasteiger partial charge is 0.480 e. The molecular formula is C16H21FN2O4. The van der Waals surface area contributed by atoms with E-state index in [0.717, 1.165) is 0 Å². The standard InChI is InChI=1S/C16H21FN2O4/c1-9(2)14(16(22)23)19-15(21)13(18-10(3)20)8-11-4-6-12(17)7-5-11/h4-7,9,13-14H,8H2,1-3H3,(H,18,20)(H,19,21)(H,22,23)/t13-,14+/m0/s1. The molecular weight excluding hydrogens is 303 g/mol. The molecule has 0 saturated heterocycles. The van der Waals surface area contributed by atoms with Gasteiger partial charge in [0.1, 0.15) is 17.9 Å². The third-order valence-corrected chi connectivity index (χ3v) is 3.28. The number of amides is 2. The quantitative estimate of drug-likeness (QED) is 0.700. The highest BCUT2D eigenvalue weighted by atomic mass is 19.1. The van der Waals surface area contributed by atoms with Gasteiger partial charge in [0, 0.05) is 13.3 Å². The van der Waals surface area contributed by atoms with Gasteiger partial charge in [0.05, 0.1) is 0 Å². The van der Waals surface area contributed by atoms with Gasteiger partial charge in [-0.1, -0.05) is 26.0 Å². The predicted octanol–water partition coefficient (Wildman–Crippen LogP) is 1.10. The molecule has 0 spiro atoms. The lowest BCUT2D eigenvalue weighted by Gasteiger charge is -2.23. The van der Waals surface area contributed by atoms with E-state index in [-0.39, 0.29) is 12.3 Å². The molecule has 0 aliphatic heterocycles. The third-order valence-electron chi connectivity index (χ3n) is 3.28. The smallest absolute Gasteiger partial charge is 0.326 e. The predicted molar refractivity (Wildman–Crippen MR) is 82.1 cm³/mol. The molecule has 7 heteroatoms. The Hall–Kier alpha value is -2.44. The molecule has 2 amide bonds. The first-order valence-corrected chi connectivity index (χ1v) is 7.25. The topological polar surface area (TPSA) is 95.5 Å². The fourth-order valence-electron chi connectivity index (χ4n) is 2.08. The first kappa shape index (κ1) is 18.6. The highest BCUT2D eigenvalue weighted by molar-refractivity contribution is 5.90. The molecule has 0 aromatic heterocycles. The first-order chi connectivity index (χ1) is 10.7. The second kappa shape index (κ2) is 8.26. The van der Waals surface area contributed by atoms with Crippen molar-refractivity contribution < 1.29 is 23.9 Å². The zero-order valence-corrected chi connectivity index (χ0v) is 13.3. The number of aliphatic carboxylic acids is 1. The van der Waals surface area contributed by atoms with Gasteiger partial charge in [0.2, 0.25) is 11.8 Å². The molecule has 2 atom stereocenters. The summed E-state index contributed by atoms with van der Waals surface area (Å²) in [5.74, 6) is -2.86. The number of nitrogens with one attached hydrogen (secondary N) is 2. The SMILES string of the molecule is CC(=O)N[C@@H](Cc1ccc(F)cc1)C(=O)N[C@@H](C(=O)O)C(C)C. The van der Waals surface area contributed by atoms with Crippen molar-refractivity contribution in [2.24, 2.45) is 5.92 Å². The number of halogens is 1. The zero-order valence-electron chi connectivity index (χ0n) is 13.3. The van der Waals surface area contributed by atoms with Crippen LogP contribution in [0.25, 0.3) is 0 Å². The van der Waals surface area contributed by atoms with Gasteiger partial charge < -0.3 is 15.7 Å². The molecule has 0 aliphatic carbocycles. The van der Waals surface area contributed by atoms with Crippen LogP contribution in [0.5, 0.6) is 0 Å². The molecule has 23 heavy (non-hydrogen) atoms. The van der Waals surface area contributed by atoms with Crippen LogP contribution in [-0.2, 0) is 20.8 Å². The van der Waals surface area contributed by atoms with Crippen LogP contribution in [0.2, 0.25) is 0 Å². The number of benzene rings is 1. The maximum absolute atomic E-state index is 12.9. The number of hydrogen-bond donors (Lipinski definition) is 3. The fraction of sp³-hybridized carbons (Fsp3) is 0.438. The van der Waals surface area contributed by atoms with E-state index in [0.29, 0.717) is 5.56 Å². The van der Waals surface area contributed by atoms with Crippen LogP contribution in [0.15, 0.2) is 24.3 Å². The van der Waals surface area contributed by atoms with E-state index in [1.165, 1.54) is 31.2 Å². The van der Waals surface area contributed by atoms with Gasteiger partial charge in [-0.2, -0.15) is 0 Å². The molecule has 1 aromatic rings. The monoisotopic (exact) mass is 324 g/mol. The number of carboxylic acid groups (broad SMARTS) is 1. The van der Waals surface area contributed by atoms with Gasteiger partial charge in [-0.3, -0.25) is 9.59 Å². The number of carbonyl (C=O) groups excluding carboxylic acids is 2. The van der Waals surface area contributed by atoms with E-state index in [1.54, 1.807) is 13.8 Å². The average Bonchev–Trinajstić information content (AvgIpc) is 2.44. The molecule has 0 aliphatic rings. The van der Waals surface area contributed by atoms with Gasteiger partial charge in [-0.05, 0) is 23.6 Å². The minimum absolute atomic E-state index is 0.135. The summed E-state index contributed by atoms with van der Waals surface area (Å²) in [7, 11) is 0. The maximum Gasteiger partial charge on any atom is 0.326 e. The van der Waals surface area contributed by atoms with Crippen molar-refractivity contribution in [3.05, 3.63) is 35.6 Å². The number of carboxylic acids is 1. The van der Waals surface area contributed by atoms with Gasteiger partial charge in [0.15, 0.2) is 0 Å². The number of hydrogen-bond acceptors (Lipinski definition) is 3. The van der Waals surface area contributed by atoms with Gasteiger partial charge >= 0.3 is 5.97 Å². The minimum atomic E-state index is -1.14. The van der Waals surface area contributed by atoms with Crippen LogP contribution in [0, 0.1) is 11.7 Å². The molecule has 0 heterocycles. The molecule has 0 bridgehead atoms. The molecule has 0 fully saturated rings. The fourth-order valence-corrected chi connectivity index (χ4v) is 2.08. The lowest BCUT2D eigenvalue weighted by Crippen LogP contribution is -2.53. The summed E-state index contributed by atoms with van der Waals surface area (Å²) in [4.78, 5) is 34.8. The first-order valence-electron chi connectivity index (χ1n) is 7.25. The summed E-state index contributed by atoms with van der Waals surface area (Å²) >= 11 is 0. The Bertz CT molecular complexity index is 572. The zero-order chi connectivity index (χ0) is 17.6. The summed E-state index contributed by atoms with van der Waals surface area (Å²) in [5, 5.41) is 14.0. The van der Waals surface area contributed by atoms with Crippen LogP contribution in [0.3, 0.4) is 0 Å². The summed E-state index contributed by atoms with van der Waals surface area (Å²) in [6.45, 7) is 4.61. The Morgan fingerprint density at radius 1 is 1.13 bits per heavy atom. The molecule has 126 valence electrons. The molecule has 0 radical (unpaired) electrons. The van der Waals surface area contributed by atoms with Crippen molar-refractivity contribution in [3.63, 3.8) is 0 Å². The molecule has 3 N–H and O–H groups in total. The van der Waals surface area contributed by atoms with Crippen LogP contribution in [-0.4, -0.2) is 35.0 Å². The summed E-state index contributed by atoms with van der Waals surface area (Å²) < 4.78 is 12.9. The van der Waals surface area contributed by atoms with Crippen molar-refractivity contribution in [2.75, 3.05) is 0 Å². The Morgan fingerprint density at radius 3 is 2.13 bits per heavy atom. The normalized spacial score (nSPS) is 13.3. The Morgan fingerprint density at radius 2 is 1.70 bits per heavy atom. The van der Waals surface area contributed by atoms with Crippen molar-refractivity contribution >= 4 is 17.8 Å². The lowest BCUT2D eigenvalue weighted by molar-refractivity contribution is -0.143. The van der Waals surface area contributed by atoms with Crippen LogP contribution >= 0.6 is 0 Å². The summed E-state index contributed by atoms with van der Waals surface area (Å²) in [6.07, 6.45) is 0.135. The average molecular weight is 324 g/mol. The molecule has 0 saturated carbocycles. The molecule has 1 rings (SSSR count).